The summed E-state index contributed by atoms with van der Waals surface area (Å²) in [4.78, 5) is 78.4. The highest BCUT2D eigenvalue weighted by atomic mass is 32.2. The Morgan fingerprint density at radius 2 is 1.87 bits per heavy atom. The Bertz CT molecular complexity index is 1210. The van der Waals surface area contributed by atoms with E-state index in [1.165, 1.54) is 23.6 Å². The molecule has 2 saturated heterocycles. The number of hydrogen-bond donors (Lipinski definition) is 3. The van der Waals surface area contributed by atoms with E-state index >= 15 is 0 Å². The van der Waals surface area contributed by atoms with Gasteiger partial charge in [0.15, 0.2) is 0 Å². The number of rotatable bonds is 8. The van der Waals surface area contributed by atoms with Gasteiger partial charge in [0, 0.05) is 37.9 Å². The van der Waals surface area contributed by atoms with Gasteiger partial charge < -0.3 is 25.4 Å². The zero-order valence-corrected chi connectivity index (χ0v) is 21.5. The van der Waals surface area contributed by atoms with Crippen molar-refractivity contribution in [2.24, 2.45) is 0 Å². The first-order valence-corrected chi connectivity index (χ1v) is 12.9. The predicted octanol–water partition coefficient (Wildman–Crippen LogP) is 0.497. The molecule has 3 heterocycles. The maximum absolute atomic E-state index is 13.4. The van der Waals surface area contributed by atoms with Gasteiger partial charge in [-0.25, -0.2) is 19.3 Å². The number of nitrogens with one attached hydrogen (secondary N) is 2. The molecule has 0 radical (unpaired) electrons. The van der Waals surface area contributed by atoms with Gasteiger partial charge in [-0.3, -0.25) is 19.3 Å². The largest absolute Gasteiger partial charge is 0.477 e. The van der Waals surface area contributed by atoms with Crippen molar-refractivity contribution in [3.05, 3.63) is 47.2 Å². The molecule has 2 unspecified atom stereocenters. The van der Waals surface area contributed by atoms with Crippen molar-refractivity contribution in [2.45, 2.75) is 31.3 Å². The van der Waals surface area contributed by atoms with Gasteiger partial charge in [0.1, 0.15) is 29.8 Å². The lowest BCUT2D eigenvalue weighted by atomic mass is 10.0. The second kappa shape index (κ2) is 11.1. The van der Waals surface area contributed by atoms with E-state index in [-0.39, 0.29) is 30.2 Å². The van der Waals surface area contributed by atoms with Crippen LogP contribution in [0.3, 0.4) is 0 Å². The number of likely N-dealkylation sites (N-methyl/N-ethyl adjacent to an activating group) is 1. The summed E-state index contributed by atoms with van der Waals surface area (Å²) in [5.74, 6) is -3.07. The topological polar surface area (TPSA) is 166 Å². The van der Waals surface area contributed by atoms with Crippen LogP contribution in [0.5, 0.6) is 0 Å². The van der Waals surface area contributed by atoms with Gasteiger partial charge >= 0.3 is 24.0 Å². The zero-order chi connectivity index (χ0) is 27.6. The molecule has 2 fully saturated rings. The molecule has 38 heavy (non-hydrogen) atoms. The van der Waals surface area contributed by atoms with Gasteiger partial charge in [-0.1, -0.05) is 30.3 Å². The molecule has 1 aromatic rings. The van der Waals surface area contributed by atoms with E-state index in [4.69, 9.17) is 4.74 Å². The number of amides is 6. The smallest absolute Gasteiger partial charge is 0.352 e. The summed E-state index contributed by atoms with van der Waals surface area (Å²) in [6.45, 7) is 3.74. The van der Waals surface area contributed by atoms with Crippen LogP contribution in [0.25, 0.3) is 0 Å². The first-order valence-electron chi connectivity index (χ1n) is 11.9. The van der Waals surface area contributed by atoms with E-state index in [9.17, 15) is 33.9 Å². The average molecular weight is 546 g/mol. The summed E-state index contributed by atoms with van der Waals surface area (Å²) >= 11 is 1.22. The third-order valence-corrected chi connectivity index (χ3v) is 7.72. The minimum absolute atomic E-state index is 0.177. The molecule has 6 amide bonds. The van der Waals surface area contributed by atoms with Gasteiger partial charge in [0.25, 0.3) is 5.91 Å². The van der Waals surface area contributed by atoms with Crippen LogP contribution in [0.1, 0.15) is 25.5 Å². The zero-order valence-electron chi connectivity index (χ0n) is 20.7. The molecule has 0 bridgehead atoms. The van der Waals surface area contributed by atoms with E-state index in [0.29, 0.717) is 18.7 Å². The van der Waals surface area contributed by atoms with Gasteiger partial charge in [0.2, 0.25) is 5.91 Å². The van der Waals surface area contributed by atoms with Crippen LogP contribution in [0, 0.1) is 0 Å². The number of hydrogen-bond acceptors (Lipinski definition) is 8. The molecule has 0 saturated carbocycles. The van der Waals surface area contributed by atoms with Crippen molar-refractivity contribution in [1.29, 1.82) is 0 Å². The van der Waals surface area contributed by atoms with Gasteiger partial charge in [-0.05, 0) is 12.5 Å². The number of fused-ring (bicyclic) bond motifs is 1. The summed E-state index contributed by atoms with van der Waals surface area (Å²) in [5, 5.41) is 14.2. The first kappa shape index (κ1) is 27.0. The highest BCUT2D eigenvalue weighted by Crippen LogP contribution is 2.40. The van der Waals surface area contributed by atoms with E-state index < -0.39 is 53.3 Å². The van der Waals surface area contributed by atoms with Crippen molar-refractivity contribution in [3.8, 4) is 0 Å². The SMILES string of the molecule is CCN1CCN(C(=O)NC(C(=O)NC2C(=O)N3C(C(=O)O)=C(COC(C)=O)CS[C@@H]23)c2ccccc2)C1=O. The lowest BCUT2D eigenvalue weighted by Crippen LogP contribution is -2.71. The number of imide groups is 1. The molecule has 3 atom stereocenters. The maximum Gasteiger partial charge on any atom is 0.352 e. The Morgan fingerprint density at radius 3 is 2.47 bits per heavy atom. The number of carboxylic acid groups (broad SMARTS) is 1. The second-order valence-electron chi connectivity index (χ2n) is 8.74. The fraction of sp³-hybridized carbons (Fsp3) is 0.417. The highest BCUT2D eigenvalue weighted by Gasteiger charge is 2.54. The molecular weight excluding hydrogens is 518 g/mol. The van der Waals surface area contributed by atoms with Crippen LogP contribution in [-0.2, 0) is 23.9 Å². The van der Waals surface area contributed by atoms with Gasteiger partial charge in [0.05, 0.1) is 0 Å². The standard InChI is InChI=1S/C24H27N5O8S/c1-3-27-9-10-28(24(27)36)23(35)26-16(14-7-5-4-6-8-14)19(31)25-17-20(32)29-18(22(33)34)15(11-37-13(2)30)12-38-21(17)29/h4-8,16-17,21H,3,9-12H2,1-2H3,(H,25,31)(H,26,35)(H,33,34)/t16?,17?,21-/m0/s1. The van der Waals surface area contributed by atoms with Crippen molar-refractivity contribution in [1.82, 2.24) is 25.3 Å². The number of carbonyl (C=O) groups is 6. The number of carbonyl (C=O) groups excluding carboxylic acids is 5. The van der Waals surface area contributed by atoms with Crippen molar-refractivity contribution in [3.63, 3.8) is 0 Å². The summed E-state index contributed by atoms with van der Waals surface area (Å²) in [7, 11) is 0. The number of urea groups is 2. The third-order valence-electron chi connectivity index (χ3n) is 6.38. The molecule has 0 aliphatic carbocycles. The molecular formula is C24H27N5O8S. The number of carboxylic acids is 1. The monoisotopic (exact) mass is 545 g/mol. The quantitative estimate of drug-likeness (QED) is 0.311. The van der Waals surface area contributed by atoms with Crippen molar-refractivity contribution in [2.75, 3.05) is 32.0 Å². The highest BCUT2D eigenvalue weighted by molar-refractivity contribution is 8.00. The molecule has 0 aromatic heterocycles. The van der Waals surface area contributed by atoms with Gasteiger partial charge in [-0.2, -0.15) is 0 Å². The minimum Gasteiger partial charge on any atom is -0.477 e. The Morgan fingerprint density at radius 1 is 1.16 bits per heavy atom. The summed E-state index contributed by atoms with van der Waals surface area (Å²) in [6.07, 6.45) is 0. The summed E-state index contributed by atoms with van der Waals surface area (Å²) in [6, 6.07) is 4.92. The Labute approximate surface area is 222 Å². The molecule has 13 nitrogen and oxygen atoms in total. The second-order valence-corrected chi connectivity index (χ2v) is 9.85. The molecule has 3 aliphatic heterocycles. The molecule has 3 aliphatic rings. The number of β-lactam (4-membered cyclic amide) rings is 1. The van der Waals surface area contributed by atoms with E-state index in [2.05, 4.69) is 10.6 Å². The van der Waals surface area contributed by atoms with E-state index in [1.807, 2.05) is 0 Å². The molecule has 4 rings (SSSR count). The maximum atomic E-state index is 13.4. The number of ether oxygens (including phenoxy) is 1. The van der Waals surface area contributed by atoms with Crippen molar-refractivity contribution >= 4 is 47.6 Å². The minimum atomic E-state index is -1.35. The lowest BCUT2D eigenvalue weighted by Gasteiger charge is -2.49. The van der Waals surface area contributed by atoms with Crippen LogP contribution in [0.2, 0.25) is 0 Å². The fourth-order valence-electron chi connectivity index (χ4n) is 4.43. The van der Waals surface area contributed by atoms with Crippen LogP contribution >= 0.6 is 11.8 Å². The third kappa shape index (κ3) is 5.16. The van der Waals surface area contributed by atoms with Crippen LogP contribution in [0.15, 0.2) is 41.6 Å². The normalized spacial score (nSPS) is 21.5. The first-order chi connectivity index (χ1) is 18.1. The molecule has 14 heteroatoms. The van der Waals surface area contributed by atoms with Crippen molar-refractivity contribution < 1.29 is 38.6 Å². The van der Waals surface area contributed by atoms with E-state index in [0.717, 1.165) is 9.80 Å². The van der Waals surface area contributed by atoms with Gasteiger partial charge in [-0.15, -0.1) is 11.8 Å². The number of thioether (sulfide) groups is 1. The predicted molar refractivity (Wildman–Crippen MR) is 133 cm³/mol. The molecule has 0 spiro atoms. The number of nitrogens with zero attached hydrogens (tertiary/aromatic N) is 3. The van der Waals surface area contributed by atoms with E-state index in [1.54, 1.807) is 37.3 Å². The Hall–Kier alpha value is -4.07. The van der Waals surface area contributed by atoms with Crippen LogP contribution < -0.4 is 10.6 Å². The number of esters is 1. The molecule has 1 aromatic carbocycles. The molecule has 202 valence electrons. The summed E-state index contributed by atoms with van der Waals surface area (Å²) in [5.41, 5.74) is 0.441. The Kier molecular flexibility index (Phi) is 7.90. The average Bonchev–Trinajstić information content (AvgIpc) is 3.28. The van der Waals surface area contributed by atoms with Crippen LogP contribution in [-0.4, -0.2) is 99.0 Å². The van der Waals surface area contributed by atoms with Crippen LogP contribution in [0.4, 0.5) is 9.59 Å². The fourth-order valence-corrected chi connectivity index (χ4v) is 5.76. The molecule has 3 N–H and O–H groups in total. The Balaban J connectivity index is 1.50. The number of benzene rings is 1. The number of aliphatic carboxylic acids is 1. The lowest BCUT2D eigenvalue weighted by molar-refractivity contribution is -0.151. The summed E-state index contributed by atoms with van der Waals surface area (Å²) < 4.78 is 4.92.